The molecular weight excluding hydrogens is 448 g/mol. The summed E-state index contributed by atoms with van der Waals surface area (Å²) in [5.74, 6) is 0.0431. The summed E-state index contributed by atoms with van der Waals surface area (Å²) < 4.78 is 27.0. The Balaban J connectivity index is 1.51. The summed E-state index contributed by atoms with van der Waals surface area (Å²) in [7, 11) is -3.47. The van der Waals surface area contributed by atoms with Gasteiger partial charge in [0.05, 0.1) is 6.54 Å². The minimum absolute atomic E-state index is 0.0431. The number of piperazine rings is 1. The zero-order valence-corrected chi connectivity index (χ0v) is 20.3. The van der Waals surface area contributed by atoms with E-state index in [0.29, 0.717) is 55.6 Å². The molecule has 0 atom stereocenters. The molecule has 2 aromatic rings. The molecule has 3 rings (SSSR count). The third-order valence-electron chi connectivity index (χ3n) is 5.56. The molecule has 1 aliphatic heterocycles. The van der Waals surface area contributed by atoms with Gasteiger partial charge in [-0.1, -0.05) is 13.8 Å². The number of anilines is 1. The third kappa shape index (κ3) is 5.48. The molecule has 10 heteroatoms. The second-order valence-electron chi connectivity index (χ2n) is 7.55. The Hall–Kier alpha value is -2.43. The summed E-state index contributed by atoms with van der Waals surface area (Å²) in [5, 5.41) is 2.90. The van der Waals surface area contributed by atoms with Crippen molar-refractivity contribution < 1.29 is 18.0 Å². The van der Waals surface area contributed by atoms with Crippen LogP contribution in [0.5, 0.6) is 0 Å². The van der Waals surface area contributed by atoms with E-state index in [4.69, 9.17) is 0 Å². The quantitative estimate of drug-likeness (QED) is 0.589. The second kappa shape index (κ2) is 10.5. The van der Waals surface area contributed by atoms with Crippen LogP contribution in [0.2, 0.25) is 0 Å². The summed E-state index contributed by atoms with van der Waals surface area (Å²) in [4.78, 5) is 28.8. The molecule has 0 bridgehead atoms. The number of nitrogens with zero attached hydrogens (tertiary/aromatic N) is 3. The molecule has 2 amide bonds. The monoisotopic (exact) mass is 478 g/mol. The van der Waals surface area contributed by atoms with Gasteiger partial charge in [-0.25, -0.2) is 13.2 Å². The number of ketones is 1. The van der Waals surface area contributed by atoms with E-state index in [9.17, 15) is 18.0 Å². The summed E-state index contributed by atoms with van der Waals surface area (Å²) in [6.45, 7) is 8.92. The molecule has 0 unspecified atom stereocenters. The minimum Gasteiger partial charge on any atom is -0.368 e. The number of amides is 2. The minimum atomic E-state index is -3.47. The van der Waals surface area contributed by atoms with Crippen LogP contribution in [0.15, 0.2) is 40.6 Å². The van der Waals surface area contributed by atoms with Crippen molar-refractivity contribution in [1.82, 2.24) is 14.5 Å². The Morgan fingerprint density at radius 2 is 1.62 bits per heavy atom. The van der Waals surface area contributed by atoms with E-state index in [-0.39, 0.29) is 11.8 Å². The zero-order chi connectivity index (χ0) is 23.3. The number of carbonyl (C=O) groups is 2. The van der Waals surface area contributed by atoms with Gasteiger partial charge in [-0.2, -0.15) is 4.31 Å². The maximum absolute atomic E-state index is 12.6. The Kier molecular flexibility index (Phi) is 7.91. The van der Waals surface area contributed by atoms with Crippen molar-refractivity contribution in [3.63, 3.8) is 0 Å². The number of rotatable bonds is 8. The SMILES string of the molecule is CCN(CC)S(=O)(=O)c1ccc(CNC(=O)N2CCN(c3ccc(C(C)=O)cc3)CC2)s1. The third-order valence-corrected chi connectivity index (χ3v) is 9.16. The highest BCUT2D eigenvalue weighted by Crippen LogP contribution is 2.25. The van der Waals surface area contributed by atoms with Crippen LogP contribution in [0, 0.1) is 0 Å². The van der Waals surface area contributed by atoms with Crippen molar-refractivity contribution in [2.75, 3.05) is 44.2 Å². The first-order chi connectivity index (χ1) is 15.3. The molecule has 1 fully saturated rings. The van der Waals surface area contributed by atoms with Gasteiger partial charge >= 0.3 is 6.03 Å². The molecule has 1 saturated heterocycles. The number of thiophene rings is 1. The second-order valence-corrected chi connectivity index (χ2v) is 10.9. The van der Waals surface area contributed by atoms with Gasteiger partial charge in [-0.15, -0.1) is 11.3 Å². The topological polar surface area (TPSA) is 90.0 Å². The normalized spacial score (nSPS) is 14.6. The fourth-order valence-electron chi connectivity index (χ4n) is 3.63. The number of hydrogen-bond donors (Lipinski definition) is 1. The lowest BCUT2D eigenvalue weighted by molar-refractivity contribution is 0.101. The van der Waals surface area contributed by atoms with Crippen LogP contribution in [-0.4, -0.2) is 68.7 Å². The van der Waals surface area contributed by atoms with E-state index in [1.807, 2.05) is 38.1 Å². The van der Waals surface area contributed by atoms with Crippen molar-refractivity contribution in [1.29, 1.82) is 0 Å². The molecular formula is C22H30N4O4S2. The number of sulfonamides is 1. The van der Waals surface area contributed by atoms with Gasteiger partial charge in [0, 0.05) is 55.4 Å². The van der Waals surface area contributed by atoms with E-state index in [1.165, 1.54) is 15.6 Å². The highest BCUT2D eigenvalue weighted by Gasteiger charge is 2.24. The van der Waals surface area contributed by atoms with Gasteiger partial charge in [0.2, 0.25) is 0 Å². The number of urea groups is 1. The average molecular weight is 479 g/mol. The van der Waals surface area contributed by atoms with Crippen molar-refractivity contribution >= 4 is 38.9 Å². The maximum Gasteiger partial charge on any atom is 0.317 e. The molecule has 32 heavy (non-hydrogen) atoms. The molecule has 0 spiro atoms. The van der Waals surface area contributed by atoms with Gasteiger partial charge in [-0.3, -0.25) is 4.79 Å². The highest BCUT2D eigenvalue weighted by atomic mass is 32.2. The van der Waals surface area contributed by atoms with Gasteiger partial charge in [0.15, 0.2) is 5.78 Å². The number of nitrogens with one attached hydrogen (secondary N) is 1. The Bertz CT molecular complexity index is 1040. The standard InChI is InChI=1S/C22H30N4O4S2/c1-4-26(5-2)32(29,30)21-11-10-20(31-21)16-23-22(28)25-14-12-24(13-15-25)19-8-6-18(7-9-19)17(3)27/h6-11H,4-5,12-16H2,1-3H3,(H,23,28). The molecule has 2 heterocycles. The van der Waals surface area contributed by atoms with Gasteiger partial charge in [-0.05, 0) is 43.3 Å². The summed E-state index contributed by atoms with van der Waals surface area (Å²) >= 11 is 1.19. The largest absolute Gasteiger partial charge is 0.368 e. The van der Waals surface area contributed by atoms with Crippen LogP contribution in [0.25, 0.3) is 0 Å². The van der Waals surface area contributed by atoms with E-state index >= 15 is 0 Å². The fraction of sp³-hybridized carbons (Fsp3) is 0.455. The van der Waals surface area contributed by atoms with E-state index in [0.717, 1.165) is 10.6 Å². The van der Waals surface area contributed by atoms with Gasteiger partial charge in [0.25, 0.3) is 10.0 Å². The Labute approximate surface area is 193 Å². The Morgan fingerprint density at radius 3 is 2.19 bits per heavy atom. The first-order valence-corrected chi connectivity index (χ1v) is 13.0. The Morgan fingerprint density at radius 1 is 1.00 bits per heavy atom. The van der Waals surface area contributed by atoms with E-state index < -0.39 is 10.0 Å². The van der Waals surface area contributed by atoms with Gasteiger partial charge in [0.1, 0.15) is 4.21 Å². The molecule has 0 saturated carbocycles. The molecule has 1 aromatic carbocycles. The fourth-order valence-corrected chi connectivity index (χ4v) is 6.54. The molecule has 8 nitrogen and oxygen atoms in total. The number of benzene rings is 1. The van der Waals surface area contributed by atoms with E-state index in [2.05, 4.69) is 10.2 Å². The average Bonchev–Trinajstić information content (AvgIpc) is 3.28. The van der Waals surface area contributed by atoms with Crippen molar-refractivity contribution in [3.05, 3.63) is 46.8 Å². The lowest BCUT2D eigenvalue weighted by atomic mass is 10.1. The lowest BCUT2D eigenvalue weighted by Crippen LogP contribution is -2.51. The van der Waals surface area contributed by atoms with Crippen LogP contribution in [0.3, 0.4) is 0 Å². The van der Waals surface area contributed by atoms with Crippen LogP contribution in [-0.2, 0) is 16.6 Å². The lowest BCUT2D eigenvalue weighted by Gasteiger charge is -2.36. The number of carbonyl (C=O) groups excluding carboxylic acids is 2. The van der Waals surface area contributed by atoms with Crippen LogP contribution >= 0.6 is 11.3 Å². The molecule has 1 aromatic heterocycles. The first kappa shape index (κ1) is 24.2. The number of Topliss-reactive ketones (excluding diaryl/α,β-unsaturated/α-hetero) is 1. The maximum atomic E-state index is 12.6. The number of hydrogen-bond acceptors (Lipinski definition) is 6. The van der Waals surface area contributed by atoms with Crippen LogP contribution in [0.4, 0.5) is 10.5 Å². The summed E-state index contributed by atoms with van der Waals surface area (Å²) in [6, 6.07) is 10.7. The molecule has 0 radical (unpaired) electrons. The molecule has 174 valence electrons. The summed E-state index contributed by atoms with van der Waals surface area (Å²) in [6.07, 6.45) is 0. The molecule has 1 N–H and O–H groups in total. The van der Waals surface area contributed by atoms with Gasteiger partial charge < -0.3 is 15.1 Å². The van der Waals surface area contributed by atoms with Crippen LogP contribution < -0.4 is 10.2 Å². The summed E-state index contributed by atoms with van der Waals surface area (Å²) in [5.41, 5.74) is 1.73. The zero-order valence-electron chi connectivity index (χ0n) is 18.7. The first-order valence-electron chi connectivity index (χ1n) is 10.7. The molecule has 1 aliphatic rings. The molecule has 0 aliphatic carbocycles. The van der Waals surface area contributed by atoms with Crippen molar-refractivity contribution in [2.24, 2.45) is 0 Å². The van der Waals surface area contributed by atoms with Crippen molar-refractivity contribution in [2.45, 2.75) is 31.5 Å². The van der Waals surface area contributed by atoms with E-state index in [1.54, 1.807) is 24.0 Å². The van der Waals surface area contributed by atoms with Crippen LogP contribution in [0.1, 0.15) is 36.0 Å². The highest BCUT2D eigenvalue weighted by molar-refractivity contribution is 7.91. The smallest absolute Gasteiger partial charge is 0.317 e. The predicted octanol–water partition coefficient (Wildman–Crippen LogP) is 3.01. The van der Waals surface area contributed by atoms with Crippen molar-refractivity contribution in [3.8, 4) is 0 Å². The predicted molar refractivity (Wildman–Crippen MR) is 127 cm³/mol.